The Labute approximate surface area is 102 Å². The van der Waals surface area contributed by atoms with Crippen molar-refractivity contribution in [1.29, 1.82) is 0 Å². The highest BCUT2D eigenvalue weighted by Gasteiger charge is 2.05. The Morgan fingerprint density at radius 2 is 2.06 bits per heavy atom. The lowest BCUT2D eigenvalue weighted by atomic mass is 10.3. The number of benzene rings is 1. The first-order valence-corrected chi connectivity index (χ1v) is 5.64. The third kappa shape index (κ3) is 2.58. The van der Waals surface area contributed by atoms with E-state index in [1.54, 1.807) is 18.3 Å². The Hall–Kier alpha value is -1.42. The molecule has 1 heterocycles. The highest BCUT2D eigenvalue weighted by Crippen LogP contribution is 2.25. The van der Waals surface area contributed by atoms with Crippen LogP contribution in [0.1, 0.15) is 5.69 Å². The van der Waals surface area contributed by atoms with E-state index < -0.39 is 0 Å². The van der Waals surface area contributed by atoms with Crippen molar-refractivity contribution in [3.05, 3.63) is 58.6 Å². The quantitative estimate of drug-likeness (QED) is 0.929. The van der Waals surface area contributed by atoms with Gasteiger partial charge in [0, 0.05) is 10.7 Å². The van der Waals surface area contributed by atoms with Crippen molar-refractivity contribution in [2.24, 2.45) is 0 Å². The molecule has 4 heteroatoms. The largest absolute Gasteiger partial charge is 0.376 e. The maximum Gasteiger partial charge on any atom is 0.147 e. The summed E-state index contributed by atoms with van der Waals surface area (Å²) in [6, 6.07) is 10.5. The van der Waals surface area contributed by atoms with Crippen molar-refractivity contribution in [2.45, 2.75) is 6.54 Å². The maximum atomic E-state index is 13.4. The Bertz CT molecular complexity index is 453. The molecule has 0 spiro atoms. The molecule has 0 aliphatic carbocycles. The number of nitrogens with zero attached hydrogens (tertiary/aromatic N) is 1. The number of halogens is 2. The molecule has 0 atom stereocenters. The van der Waals surface area contributed by atoms with Crippen LogP contribution in [0, 0.1) is 5.82 Å². The Morgan fingerprint density at radius 1 is 1.19 bits per heavy atom. The average molecular weight is 281 g/mol. The molecule has 0 saturated heterocycles. The molecular weight excluding hydrogens is 271 g/mol. The summed E-state index contributed by atoms with van der Waals surface area (Å²) in [5.41, 5.74) is 1.34. The van der Waals surface area contributed by atoms with E-state index >= 15 is 0 Å². The zero-order valence-corrected chi connectivity index (χ0v) is 10.0. The van der Waals surface area contributed by atoms with Gasteiger partial charge in [0.15, 0.2) is 0 Å². The molecule has 82 valence electrons. The number of pyridine rings is 1. The van der Waals surface area contributed by atoms with Crippen LogP contribution >= 0.6 is 15.9 Å². The second kappa shape index (κ2) is 5.07. The van der Waals surface area contributed by atoms with Gasteiger partial charge in [-0.15, -0.1) is 0 Å². The molecule has 0 unspecified atom stereocenters. The van der Waals surface area contributed by atoms with E-state index in [0.717, 1.165) is 5.69 Å². The minimum absolute atomic E-state index is 0.273. The van der Waals surface area contributed by atoms with Crippen LogP contribution in [0.5, 0.6) is 0 Å². The standard InChI is InChI=1S/C12H10BrFN2/c13-10-5-3-6-11(14)12(10)16-8-9-4-1-2-7-15-9/h1-7,16H,8H2. The summed E-state index contributed by atoms with van der Waals surface area (Å²) in [7, 11) is 0. The van der Waals surface area contributed by atoms with Crippen LogP contribution in [0.3, 0.4) is 0 Å². The smallest absolute Gasteiger partial charge is 0.147 e. The molecule has 2 rings (SSSR count). The summed E-state index contributed by atoms with van der Waals surface area (Å²) in [4.78, 5) is 4.15. The number of hydrogen-bond acceptors (Lipinski definition) is 2. The van der Waals surface area contributed by atoms with Gasteiger partial charge in [-0.25, -0.2) is 4.39 Å². The van der Waals surface area contributed by atoms with E-state index in [1.165, 1.54) is 6.07 Å². The first kappa shape index (κ1) is 11.1. The topological polar surface area (TPSA) is 24.9 Å². The molecule has 0 amide bonds. The van der Waals surface area contributed by atoms with E-state index in [1.807, 2.05) is 18.2 Å². The molecule has 0 aliphatic rings. The number of nitrogens with one attached hydrogen (secondary N) is 1. The van der Waals surface area contributed by atoms with Crippen molar-refractivity contribution in [3.8, 4) is 0 Å². The average Bonchev–Trinajstić information content (AvgIpc) is 2.30. The van der Waals surface area contributed by atoms with Crippen molar-refractivity contribution in [3.63, 3.8) is 0 Å². The van der Waals surface area contributed by atoms with Crippen molar-refractivity contribution in [1.82, 2.24) is 4.98 Å². The van der Waals surface area contributed by atoms with Gasteiger partial charge < -0.3 is 5.32 Å². The Kier molecular flexibility index (Phi) is 3.51. The van der Waals surface area contributed by atoms with Gasteiger partial charge in [0.2, 0.25) is 0 Å². The van der Waals surface area contributed by atoms with Gasteiger partial charge in [-0.1, -0.05) is 12.1 Å². The Balaban J connectivity index is 2.11. The number of anilines is 1. The molecule has 16 heavy (non-hydrogen) atoms. The normalized spacial score (nSPS) is 10.1. The van der Waals surface area contributed by atoms with E-state index in [4.69, 9.17) is 0 Å². The fraction of sp³-hybridized carbons (Fsp3) is 0.0833. The Morgan fingerprint density at radius 3 is 2.75 bits per heavy atom. The molecule has 1 aromatic carbocycles. The van der Waals surface area contributed by atoms with Gasteiger partial charge in [0.1, 0.15) is 5.82 Å². The molecule has 0 fully saturated rings. The maximum absolute atomic E-state index is 13.4. The van der Waals surface area contributed by atoms with E-state index in [0.29, 0.717) is 16.7 Å². The SMILES string of the molecule is Fc1cccc(Br)c1NCc1ccccn1. The van der Waals surface area contributed by atoms with Crippen molar-refractivity contribution < 1.29 is 4.39 Å². The van der Waals surface area contributed by atoms with Crippen LogP contribution in [0.2, 0.25) is 0 Å². The number of aromatic nitrogens is 1. The number of hydrogen-bond donors (Lipinski definition) is 1. The fourth-order valence-electron chi connectivity index (χ4n) is 1.35. The van der Waals surface area contributed by atoms with Crippen LogP contribution in [-0.4, -0.2) is 4.98 Å². The molecule has 0 saturated carbocycles. The zero-order chi connectivity index (χ0) is 11.4. The summed E-state index contributed by atoms with van der Waals surface area (Å²) >= 11 is 3.30. The van der Waals surface area contributed by atoms with Crippen LogP contribution in [0.15, 0.2) is 47.1 Å². The second-order valence-electron chi connectivity index (χ2n) is 3.27. The van der Waals surface area contributed by atoms with Gasteiger partial charge in [0.25, 0.3) is 0 Å². The number of para-hydroxylation sites is 1. The lowest BCUT2D eigenvalue weighted by Gasteiger charge is -2.08. The van der Waals surface area contributed by atoms with Crippen LogP contribution in [0.4, 0.5) is 10.1 Å². The molecule has 2 aromatic rings. The molecule has 1 aromatic heterocycles. The second-order valence-corrected chi connectivity index (χ2v) is 4.13. The lowest BCUT2D eigenvalue weighted by molar-refractivity contribution is 0.629. The summed E-state index contributed by atoms with van der Waals surface area (Å²) < 4.78 is 14.2. The molecule has 0 bridgehead atoms. The summed E-state index contributed by atoms with van der Waals surface area (Å²) in [6.45, 7) is 0.500. The van der Waals surface area contributed by atoms with Crippen LogP contribution < -0.4 is 5.32 Å². The fourth-order valence-corrected chi connectivity index (χ4v) is 1.83. The van der Waals surface area contributed by atoms with Crippen molar-refractivity contribution >= 4 is 21.6 Å². The van der Waals surface area contributed by atoms with E-state index in [-0.39, 0.29) is 5.82 Å². The highest BCUT2D eigenvalue weighted by molar-refractivity contribution is 9.10. The van der Waals surface area contributed by atoms with Gasteiger partial charge in [-0.2, -0.15) is 0 Å². The predicted octanol–water partition coefficient (Wildman–Crippen LogP) is 3.60. The van der Waals surface area contributed by atoms with Gasteiger partial charge >= 0.3 is 0 Å². The monoisotopic (exact) mass is 280 g/mol. The third-order valence-electron chi connectivity index (χ3n) is 2.14. The first-order chi connectivity index (χ1) is 7.77. The molecule has 0 radical (unpaired) electrons. The molecule has 2 nitrogen and oxygen atoms in total. The molecular formula is C12H10BrFN2. The van der Waals surface area contributed by atoms with E-state index in [2.05, 4.69) is 26.2 Å². The molecule has 0 aliphatic heterocycles. The highest BCUT2D eigenvalue weighted by atomic mass is 79.9. The molecule has 1 N–H and O–H groups in total. The van der Waals surface area contributed by atoms with Gasteiger partial charge in [0.05, 0.1) is 17.9 Å². The van der Waals surface area contributed by atoms with Crippen LogP contribution in [0.25, 0.3) is 0 Å². The van der Waals surface area contributed by atoms with E-state index in [9.17, 15) is 4.39 Å². The minimum Gasteiger partial charge on any atom is -0.376 e. The summed E-state index contributed by atoms with van der Waals surface area (Å²) in [5, 5.41) is 3.01. The summed E-state index contributed by atoms with van der Waals surface area (Å²) in [6.07, 6.45) is 1.72. The lowest BCUT2D eigenvalue weighted by Crippen LogP contribution is -2.03. The van der Waals surface area contributed by atoms with Gasteiger partial charge in [-0.05, 0) is 40.2 Å². The minimum atomic E-state index is -0.273. The first-order valence-electron chi connectivity index (χ1n) is 4.85. The predicted molar refractivity (Wildman–Crippen MR) is 65.7 cm³/mol. The summed E-state index contributed by atoms with van der Waals surface area (Å²) in [5.74, 6) is -0.273. The zero-order valence-electron chi connectivity index (χ0n) is 8.45. The van der Waals surface area contributed by atoms with Crippen LogP contribution in [-0.2, 0) is 6.54 Å². The van der Waals surface area contributed by atoms with Crippen molar-refractivity contribution in [2.75, 3.05) is 5.32 Å². The number of rotatable bonds is 3. The van der Waals surface area contributed by atoms with Gasteiger partial charge in [-0.3, -0.25) is 4.98 Å². The third-order valence-corrected chi connectivity index (χ3v) is 2.80.